The second-order valence-electron chi connectivity index (χ2n) is 17.1. The summed E-state index contributed by atoms with van der Waals surface area (Å²) in [6.07, 6.45) is 4.69. The minimum absolute atomic E-state index is 0.799. The van der Waals surface area contributed by atoms with Crippen LogP contribution < -0.4 is 9.13 Å². The third-order valence-corrected chi connectivity index (χ3v) is 13.0. The lowest BCUT2D eigenvalue weighted by atomic mass is 9.93. The Balaban J connectivity index is 1.21. The molecule has 10 aromatic rings. The lowest BCUT2D eigenvalue weighted by molar-refractivity contribution is -0.950. The zero-order valence-corrected chi connectivity index (χ0v) is 35.6. The number of hydrogen-bond donors (Lipinski definition) is 0. The van der Waals surface area contributed by atoms with Crippen LogP contribution >= 0.6 is 0 Å². The maximum absolute atomic E-state index is 2.54. The van der Waals surface area contributed by atoms with E-state index >= 15 is 0 Å². The molecule has 1 aliphatic carbocycles. The Morgan fingerprint density at radius 1 is 0.377 bits per heavy atom. The number of rotatable bonds is 6. The summed E-state index contributed by atoms with van der Waals surface area (Å²) in [5.41, 5.74) is 23.7. The molecule has 61 heavy (non-hydrogen) atoms. The summed E-state index contributed by atoms with van der Waals surface area (Å²) in [4.78, 5) is 0. The maximum Gasteiger partial charge on any atom is 0.307 e. The van der Waals surface area contributed by atoms with Gasteiger partial charge in [0, 0.05) is 0 Å². The molecular weight excluding hydrogens is 741 g/mol. The van der Waals surface area contributed by atoms with E-state index in [1.54, 1.807) is 0 Å². The van der Waals surface area contributed by atoms with Gasteiger partial charge in [0.1, 0.15) is 11.4 Å². The van der Waals surface area contributed by atoms with Crippen molar-refractivity contribution in [2.45, 2.75) is 47.2 Å². The molecule has 8 aromatic carbocycles. The summed E-state index contributed by atoms with van der Waals surface area (Å²) in [5, 5.41) is 0. The van der Waals surface area contributed by atoms with E-state index in [0.29, 0.717) is 0 Å². The van der Waals surface area contributed by atoms with Gasteiger partial charge >= 0.3 is 5.66 Å². The van der Waals surface area contributed by atoms with Crippen molar-refractivity contribution >= 4 is 22.1 Å². The van der Waals surface area contributed by atoms with E-state index < -0.39 is 5.66 Å². The first-order chi connectivity index (χ1) is 29.7. The fraction of sp³-hybridized carbons (Fsp3) is 0.123. The van der Waals surface area contributed by atoms with Crippen molar-refractivity contribution < 1.29 is 9.13 Å². The van der Waals surface area contributed by atoms with Gasteiger partial charge in [-0.15, -0.1) is 0 Å². The molecule has 0 unspecified atom stereocenters. The fourth-order valence-corrected chi connectivity index (χ4v) is 10.9. The summed E-state index contributed by atoms with van der Waals surface area (Å²) < 4.78 is 9.85. The highest BCUT2D eigenvalue weighted by molar-refractivity contribution is 5.83. The molecule has 0 spiro atoms. The molecular formula is C57H48N4+2. The monoisotopic (exact) mass is 788 g/mol. The smallest absolute Gasteiger partial charge is 0.195 e. The molecule has 0 saturated carbocycles. The summed E-state index contributed by atoms with van der Waals surface area (Å²) in [6, 6.07) is 63.0. The molecule has 0 N–H and O–H groups in total. The highest BCUT2D eigenvalue weighted by atomic mass is 15.3. The quantitative estimate of drug-likeness (QED) is 0.149. The molecule has 0 radical (unpaired) electrons. The van der Waals surface area contributed by atoms with Crippen LogP contribution in [0.4, 0.5) is 0 Å². The van der Waals surface area contributed by atoms with Crippen molar-refractivity contribution in [1.29, 1.82) is 0 Å². The Labute approximate surface area is 357 Å². The number of nitrogens with zero attached hydrogens (tertiary/aromatic N) is 4. The minimum atomic E-state index is -0.799. The Morgan fingerprint density at radius 2 is 0.754 bits per heavy atom. The third kappa shape index (κ3) is 5.52. The van der Waals surface area contributed by atoms with Crippen LogP contribution in [0.2, 0.25) is 0 Å². The molecule has 0 amide bonds. The van der Waals surface area contributed by atoms with Crippen molar-refractivity contribution in [2.24, 2.45) is 0 Å². The molecule has 0 bridgehead atoms. The van der Waals surface area contributed by atoms with Gasteiger partial charge in [-0.3, -0.25) is 0 Å². The Hall–Kier alpha value is -7.30. The van der Waals surface area contributed by atoms with Gasteiger partial charge in [0.05, 0.1) is 11.1 Å². The highest BCUT2D eigenvalue weighted by Gasteiger charge is 2.57. The van der Waals surface area contributed by atoms with Crippen molar-refractivity contribution in [1.82, 2.24) is 9.13 Å². The van der Waals surface area contributed by atoms with Crippen LogP contribution in [0.1, 0.15) is 44.5 Å². The molecule has 4 heteroatoms. The minimum Gasteiger partial charge on any atom is -0.195 e. The number of para-hydroxylation sites is 4. The van der Waals surface area contributed by atoms with Crippen LogP contribution in [0.5, 0.6) is 0 Å². The molecule has 4 nitrogen and oxygen atoms in total. The first kappa shape index (κ1) is 36.8. The number of hydrogen-bond acceptors (Lipinski definition) is 0. The first-order valence-electron chi connectivity index (χ1n) is 21.3. The van der Waals surface area contributed by atoms with Crippen molar-refractivity contribution in [3.05, 3.63) is 227 Å². The fourth-order valence-electron chi connectivity index (χ4n) is 10.9. The van der Waals surface area contributed by atoms with E-state index in [1.165, 1.54) is 77.9 Å². The molecule has 0 saturated heterocycles. The number of imidazole rings is 2. The zero-order valence-electron chi connectivity index (χ0n) is 35.6. The van der Waals surface area contributed by atoms with Crippen LogP contribution in [0.3, 0.4) is 0 Å². The van der Waals surface area contributed by atoms with Gasteiger partial charge in [-0.25, -0.2) is 0 Å². The van der Waals surface area contributed by atoms with E-state index in [9.17, 15) is 0 Å². The van der Waals surface area contributed by atoms with Crippen molar-refractivity contribution in [3.63, 3.8) is 0 Å². The number of benzene rings is 8. The first-order valence-corrected chi connectivity index (χ1v) is 21.3. The summed E-state index contributed by atoms with van der Waals surface area (Å²) in [7, 11) is 0. The Morgan fingerprint density at radius 3 is 1.18 bits per heavy atom. The van der Waals surface area contributed by atoms with E-state index in [4.69, 9.17) is 0 Å². The molecule has 294 valence electrons. The molecule has 0 aliphatic heterocycles. The van der Waals surface area contributed by atoms with Gasteiger partial charge in [-0.05, 0) is 158 Å². The molecule has 11 rings (SSSR count). The normalized spacial score (nSPS) is 12.9. The summed E-state index contributed by atoms with van der Waals surface area (Å²) >= 11 is 0. The largest absolute Gasteiger partial charge is 0.307 e. The molecule has 0 fully saturated rings. The Bertz CT molecular complexity index is 3120. The second kappa shape index (κ2) is 13.9. The third-order valence-electron chi connectivity index (χ3n) is 13.0. The lowest BCUT2D eigenvalue weighted by Gasteiger charge is -2.26. The van der Waals surface area contributed by atoms with E-state index in [1.807, 2.05) is 0 Å². The number of aryl methyl sites for hydroxylation is 6. The predicted octanol–water partition coefficient (Wildman–Crippen LogP) is 12.6. The summed E-state index contributed by atoms with van der Waals surface area (Å²) in [5.74, 6) is 0. The Kier molecular flexibility index (Phi) is 8.37. The second-order valence-corrected chi connectivity index (χ2v) is 17.1. The molecule has 1 aliphatic rings. The average Bonchev–Trinajstić information content (AvgIpc) is 3.93. The van der Waals surface area contributed by atoms with Gasteiger partial charge in [0.15, 0.2) is 22.1 Å². The average molecular weight is 789 g/mol. The van der Waals surface area contributed by atoms with Gasteiger partial charge < -0.3 is 0 Å². The molecule has 2 heterocycles. The molecule has 0 atom stereocenters. The SMILES string of the molecule is Cc1cc(C)c(-c2cccc(-n3c[n+](C4([n+]5cn(-c6cccc(-c7c(C)cc(C)cc7C)c6)c6ccccc65)c5ccccc5-c5ccccc54)c4ccccc43)c2)c(C)c1. The number of aromatic nitrogens is 4. The number of fused-ring (bicyclic) bond motifs is 5. The highest BCUT2D eigenvalue weighted by Crippen LogP contribution is 2.47. The van der Waals surface area contributed by atoms with Crippen LogP contribution in [0, 0.1) is 41.5 Å². The van der Waals surface area contributed by atoms with Crippen LogP contribution in [-0.4, -0.2) is 9.13 Å². The van der Waals surface area contributed by atoms with Crippen molar-refractivity contribution in [3.8, 4) is 44.8 Å². The summed E-state index contributed by atoms with van der Waals surface area (Å²) in [6.45, 7) is 13.3. The van der Waals surface area contributed by atoms with Crippen molar-refractivity contribution in [2.75, 3.05) is 0 Å². The predicted molar refractivity (Wildman–Crippen MR) is 250 cm³/mol. The van der Waals surface area contributed by atoms with E-state index in [0.717, 1.165) is 33.4 Å². The van der Waals surface area contributed by atoms with Gasteiger partial charge in [0.25, 0.3) is 12.7 Å². The van der Waals surface area contributed by atoms with Gasteiger partial charge in [0.2, 0.25) is 0 Å². The molecule has 2 aromatic heterocycles. The lowest BCUT2D eigenvalue weighted by Crippen LogP contribution is -2.73. The van der Waals surface area contributed by atoms with Crippen LogP contribution in [0.25, 0.3) is 66.8 Å². The van der Waals surface area contributed by atoms with Crippen LogP contribution in [-0.2, 0) is 5.66 Å². The van der Waals surface area contributed by atoms with Gasteiger partial charge in [-0.1, -0.05) is 120 Å². The standard InChI is InChI=1S/C57H48N4/c1-37-29-39(3)55(40(4)30-37)43-17-15-19-45(33-43)58-35-60(53-27-13-11-25-51(53)58)57(49-23-9-7-21-47(49)48-22-8-10-24-50(48)57)61-36-59(52-26-12-14-28-54(52)61)46-20-16-18-44(34-46)56-41(5)31-38(2)32-42(56)6/h7-36H,1-6H3/q+2. The van der Waals surface area contributed by atoms with Gasteiger partial charge in [-0.2, -0.15) is 18.3 Å². The van der Waals surface area contributed by atoms with Crippen LogP contribution in [0.15, 0.2) is 183 Å². The van der Waals surface area contributed by atoms with E-state index in [2.05, 4.69) is 242 Å². The zero-order chi connectivity index (χ0) is 41.6. The van der Waals surface area contributed by atoms with E-state index in [-0.39, 0.29) is 0 Å². The maximum atomic E-state index is 2.54. The topological polar surface area (TPSA) is 17.6 Å².